The number of phenols is 1. The van der Waals surface area contributed by atoms with Crippen molar-refractivity contribution in [1.29, 1.82) is 0 Å². The average Bonchev–Trinajstić information content (AvgIpc) is 2.81. The first-order chi connectivity index (χ1) is 11.4. The van der Waals surface area contributed by atoms with Crippen LogP contribution in [0.4, 0.5) is 5.69 Å². The van der Waals surface area contributed by atoms with Crippen molar-refractivity contribution in [3.8, 4) is 5.75 Å². The van der Waals surface area contributed by atoms with Crippen LogP contribution in [-0.4, -0.2) is 16.9 Å². The average molecular weight is 408 g/mol. The van der Waals surface area contributed by atoms with Gasteiger partial charge in [0.1, 0.15) is 11.3 Å². The van der Waals surface area contributed by atoms with Gasteiger partial charge in [0, 0.05) is 10.6 Å². The maximum Gasteiger partial charge on any atom is 0.282 e. The molecule has 2 amide bonds. The van der Waals surface area contributed by atoms with Crippen LogP contribution in [0.15, 0.2) is 46.4 Å². The number of anilines is 1. The lowest BCUT2D eigenvalue weighted by atomic mass is 10.1. The molecule has 0 aromatic heterocycles. The quantitative estimate of drug-likeness (QED) is 0.590. The van der Waals surface area contributed by atoms with E-state index in [0.717, 1.165) is 5.56 Å². The first-order valence-electron chi connectivity index (χ1n) is 6.98. The van der Waals surface area contributed by atoms with Crippen molar-refractivity contribution < 1.29 is 14.7 Å². The van der Waals surface area contributed by atoms with Gasteiger partial charge in [0.15, 0.2) is 0 Å². The molecule has 0 bridgehead atoms. The minimum absolute atomic E-state index is 0.0833. The number of carbonyl (C=O) groups excluding carboxylic acids is 2. The summed E-state index contributed by atoms with van der Waals surface area (Å²) >= 11 is 9.13. The number of halogens is 2. The van der Waals surface area contributed by atoms with E-state index in [1.165, 1.54) is 23.2 Å². The first-order valence-corrected chi connectivity index (χ1v) is 8.16. The van der Waals surface area contributed by atoms with Gasteiger partial charge in [0.25, 0.3) is 11.8 Å². The van der Waals surface area contributed by atoms with Gasteiger partial charge < -0.3 is 5.11 Å². The third-order valence-corrected chi connectivity index (χ3v) is 4.36. The molecule has 3 rings (SSSR count). The lowest BCUT2D eigenvalue weighted by Gasteiger charge is -2.14. The molecule has 2 N–H and O–H groups in total. The number of hydrazine groups is 1. The van der Waals surface area contributed by atoms with E-state index >= 15 is 0 Å². The molecular weight excluding hydrogens is 396 g/mol. The number of amides is 2. The van der Waals surface area contributed by atoms with Gasteiger partial charge in [-0.1, -0.05) is 29.3 Å². The molecule has 1 aliphatic rings. The second-order valence-electron chi connectivity index (χ2n) is 5.30. The standard InChI is InChI=1S/C17H12BrClN2O3/c1-9-2-4-12(5-3-9)21-17(24)13(16(23)20-21)7-10-6-11(19)8-14(18)15(10)22/h2-8,22H,1H3,(H,20,23)/b13-7-. The largest absolute Gasteiger partial charge is 0.506 e. The summed E-state index contributed by atoms with van der Waals surface area (Å²) in [5, 5.41) is 11.6. The maximum atomic E-state index is 12.5. The van der Waals surface area contributed by atoms with E-state index in [9.17, 15) is 14.7 Å². The summed E-state index contributed by atoms with van der Waals surface area (Å²) in [5.74, 6) is -1.14. The zero-order valence-corrected chi connectivity index (χ0v) is 14.9. The SMILES string of the molecule is Cc1ccc(N2NC(=O)/C(=C/c3cc(Cl)cc(Br)c3O)C2=O)cc1. The van der Waals surface area contributed by atoms with E-state index in [4.69, 9.17) is 11.6 Å². The lowest BCUT2D eigenvalue weighted by Crippen LogP contribution is -2.35. The van der Waals surface area contributed by atoms with Crippen LogP contribution in [0.3, 0.4) is 0 Å². The van der Waals surface area contributed by atoms with Crippen LogP contribution in [-0.2, 0) is 9.59 Å². The van der Waals surface area contributed by atoms with Crippen LogP contribution in [0.2, 0.25) is 5.02 Å². The molecule has 5 nitrogen and oxygen atoms in total. The summed E-state index contributed by atoms with van der Waals surface area (Å²) in [5.41, 5.74) is 4.30. The topological polar surface area (TPSA) is 69.6 Å². The molecule has 7 heteroatoms. The number of nitrogens with zero attached hydrogens (tertiary/aromatic N) is 1. The van der Waals surface area contributed by atoms with E-state index in [1.807, 2.05) is 19.1 Å². The third kappa shape index (κ3) is 3.02. The summed E-state index contributed by atoms with van der Waals surface area (Å²) in [6, 6.07) is 10.2. The summed E-state index contributed by atoms with van der Waals surface area (Å²) < 4.78 is 0.378. The molecule has 2 aromatic rings. The molecule has 2 aromatic carbocycles. The number of hydrogen-bond acceptors (Lipinski definition) is 3. The highest BCUT2D eigenvalue weighted by atomic mass is 79.9. The number of hydrogen-bond donors (Lipinski definition) is 2. The van der Waals surface area contributed by atoms with Gasteiger partial charge in [0.05, 0.1) is 10.2 Å². The van der Waals surface area contributed by atoms with Crippen LogP contribution in [0.5, 0.6) is 5.75 Å². The van der Waals surface area contributed by atoms with Crippen LogP contribution in [0, 0.1) is 6.92 Å². The van der Waals surface area contributed by atoms with Gasteiger partial charge >= 0.3 is 0 Å². The minimum Gasteiger partial charge on any atom is -0.506 e. The maximum absolute atomic E-state index is 12.5. The normalized spacial score (nSPS) is 16.0. The number of aryl methyl sites for hydroxylation is 1. The molecule has 1 saturated heterocycles. The van der Waals surface area contributed by atoms with Gasteiger partial charge in [-0.25, -0.2) is 5.01 Å². The van der Waals surface area contributed by atoms with Crippen molar-refractivity contribution in [2.45, 2.75) is 6.92 Å². The van der Waals surface area contributed by atoms with Crippen molar-refractivity contribution in [3.05, 3.63) is 62.6 Å². The predicted molar refractivity (Wildman–Crippen MR) is 95.6 cm³/mol. The number of phenolic OH excluding ortho intramolecular Hbond substituents is 1. The van der Waals surface area contributed by atoms with E-state index < -0.39 is 11.8 Å². The summed E-state index contributed by atoms with van der Waals surface area (Å²) in [6.07, 6.45) is 1.32. The zero-order chi connectivity index (χ0) is 17.4. The summed E-state index contributed by atoms with van der Waals surface area (Å²) in [4.78, 5) is 24.7. The Morgan fingerprint density at radius 2 is 1.88 bits per heavy atom. The van der Waals surface area contributed by atoms with E-state index in [0.29, 0.717) is 15.2 Å². The Kier molecular flexibility index (Phi) is 4.34. The van der Waals surface area contributed by atoms with Crippen molar-refractivity contribution in [3.63, 3.8) is 0 Å². The predicted octanol–water partition coefficient (Wildman–Crippen LogP) is 3.58. The van der Waals surface area contributed by atoms with Crippen LogP contribution < -0.4 is 10.4 Å². The Morgan fingerprint density at radius 1 is 1.21 bits per heavy atom. The van der Waals surface area contributed by atoms with Crippen molar-refractivity contribution in [2.75, 3.05) is 5.01 Å². The number of carbonyl (C=O) groups is 2. The highest BCUT2D eigenvalue weighted by molar-refractivity contribution is 9.10. The fraction of sp³-hybridized carbons (Fsp3) is 0.0588. The molecule has 122 valence electrons. The van der Waals surface area contributed by atoms with Gasteiger partial charge in [-0.3, -0.25) is 15.0 Å². The molecule has 0 radical (unpaired) electrons. The highest BCUT2D eigenvalue weighted by Gasteiger charge is 2.34. The zero-order valence-electron chi connectivity index (χ0n) is 12.5. The second-order valence-corrected chi connectivity index (χ2v) is 6.59. The van der Waals surface area contributed by atoms with Crippen LogP contribution in [0.25, 0.3) is 6.08 Å². The number of benzene rings is 2. The van der Waals surface area contributed by atoms with Crippen LogP contribution in [0.1, 0.15) is 11.1 Å². The Balaban J connectivity index is 1.99. The number of nitrogens with one attached hydrogen (secondary N) is 1. The Hall–Kier alpha value is -2.31. The minimum atomic E-state index is -0.545. The van der Waals surface area contributed by atoms with Gasteiger partial charge in [-0.2, -0.15) is 0 Å². The van der Waals surface area contributed by atoms with Crippen molar-refractivity contribution >= 4 is 51.1 Å². The Labute approximate surface area is 151 Å². The van der Waals surface area contributed by atoms with Crippen LogP contribution >= 0.6 is 27.5 Å². The molecule has 0 spiro atoms. The molecular formula is C17H12BrClN2O3. The van der Waals surface area contributed by atoms with Gasteiger partial charge in [0.2, 0.25) is 0 Å². The fourth-order valence-electron chi connectivity index (χ4n) is 2.28. The first kappa shape index (κ1) is 16.5. The van der Waals surface area contributed by atoms with E-state index in [1.54, 1.807) is 12.1 Å². The summed E-state index contributed by atoms with van der Waals surface area (Å²) in [6.45, 7) is 1.93. The van der Waals surface area contributed by atoms with Crippen molar-refractivity contribution in [2.24, 2.45) is 0 Å². The highest BCUT2D eigenvalue weighted by Crippen LogP contribution is 2.33. The van der Waals surface area contributed by atoms with E-state index in [-0.39, 0.29) is 16.9 Å². The lowest BCUT2D eigenvalue weighted by molar-refractivity contribution is -0.117. The molecule has 0 unspecified atom stereocenters. The molecule has 1 fully saturated rings. The van der Waals surface area contributed by atoms with E-state index in [2.05, 4.69) is 21.4 Å². The molecule has 0 saturated carbocycles. The molecule has 24 heavy (non-hydrogen) atoms. The van der Waals surface area contributed by atoms with Gasteiger partial charge in [-0.05, 0) is 53.2 Å². The number of aromatic hydroxyl groups is 1. The third-order valence-electron chi connectivity index (χ3n) is 3.54. The molecule has 1 aliphatic heterocycles. The number of rotatable bonds is 2. The molecule has 1 heterocycles. The monoisotopic (exact) mass is 406 g/mol. The molecule has 0 atom stereocenters. The Bertz CT molecular complexity index is 878. The van der Waals surface area contributed by atoms with Gasteiger partial charge in [-0.15, -0.1) is 0 Å². The second kappa shape index (κ2) is 6.30. The molecule has 0 aliphatic carbocycles. The smallest absolute Gasteiger partial charge is 0.282 e. The summed E-state index contributed by atoms with van der Waals surface area (Å²) in [7, 11) is 0. The van der Waals surface area contributed by atoms with Crippen molar-refractivity contribution in [1.82, 2.24) is 5.43 Å². The fourth-order valence-corrected chi connectivity index (χ4v) is 3.12. The Morgan fingerprint density at radius 3 is 2.54 bits per heavy atom.